The van der Waals surface area contributed by atoms with Crippen molar-refractivity contribution in [3.05, 3.63) is 0 Å². The molecule has 2 aliphatic rings. The molecule has 1 unspecified atom stereocenters. The maximum atomic E-state index is 12.1. The number of aliphatic hydroxyl groups is 1. The molecule has 1 heterocycles. The highest BCUT2D eigenvalue weighted by Gasteiger charge is 2.35. The van der Waals surface area contributed by atoms with Gasteiger partial charge in [0.15, 0.2) is 0 Å². The molecule has 2 rings (SSSR count). The second-order valence-electron chi connectivity index (χ2n) is 8.42. The normalized spacial score (nSPS) is 28.8. The van der Waals surface area contributed by atoms with Crippen molar-refractivity contribution in [2.75, 3.05) is 39.3 Å². The third-order valence-corrected chi connectivity index (χ3v) is 4.86. The first kappa shape index (κ1) is 16.9. The molecular weight excluding hydrogens is 264 g/mol. The standard InChI is InChI=1S/C17H32N2O2/c1-16(2)6-5-15(20)14(11-16)12-18-7-9-19(10-8-18)13-17(3,4)21/h14,21H,5-13H2,1-4H3. The lowest BCUT2D eigenvalue weighted by Gasteiger charge is -2.40. The number of piperazine rings is 1. The van der Waals surface area contributed by atoms with Crippen LogP contribution in [-0.2, 0) is 4.79 Å². The van der Waals surface area contributed by atoms with Crippen molar-refractivity contribution < 1.29 is 9.90 Å². The lowest BCUT2D eigenvalue weighted by Crippen LogP contribution is -2.52. The van der Waals surface area contributed by atoms with Crippen molar-refractivity contribution >= 4 is 5.78 Å². The number of nitrogens with zero attached hydrogens (tertiary/aromatic N) is 2. The van der Waals surface area contributed by atoms with Gasteiger partial charge in [-0.3, -0.25) is 9.69 Å². The second-order valence-corrected chi connectivity index (χ2v) is 8.42. The first-order valence-electron chi connectivity index (χ1n) is 8.34. The predicted molar refractivity (Wildman–Crippen MR) is 85.3 cm³/mol. The smallest absolute Gasteiger partial charge is 0.137 e. The van der Waals surface area contributed by atoms with E-state index in [0.717, 1.165) is 58.5 Å². The number of ketones is 1. The first-order valence-corrected chi connectivity index (χ1v) is 8.34. The van der Waals surface area contributed by atoms with Gasteiger partial charge in [-0.25, -0.2) is 0 Å². The van der Waals surface area contributed by atoms with Crippen LogP contribution in [0.3, 0.4) is 0 Å². The van der Waals surface area contributed by atoms with E-state index in [1.165, 1.54) is 0 Å². The molecule has 1 aliphatic carbocycles. The summed E-state index contributed by atoms with van der Waals surface area (Å²) >= 11 is 0. The number of carbonyl (C=O) groups is 1. The Morgan fingerprint density at radius 3 is 2.33 bits per heavy atom. The summed E-state index contributed by atoms with van der Waals surface area (Å²) in [5.74, 6) is 0.697. The molecule has 2 fully saturated rings. The molecule has 4 nitrogen and oxygen atoms in total. The number of hydrogen-bond donors (Lipinski definition) is 1. The van der Waals surface area contributed by atoms with Crippen LogP contribution in [0.1, 0.15) is 47.0 Å². The Kier molecular flexibility index (Phi) is 5.11. The van der Waals surface area contributed by atoms with E-state index in [1.54, 1.807) is 0 Å². The SMILES string of the molecule is CC(C)(O)CN1CCN(CC2CC(C)(C)CCC2=O)CC1. The van der Waals surface area contributed by atoms with Crippen LogP contribution in [0.4, 0.5) is 0 Å². The lowest BCUT2D eigenvalue weighted by molar-refractivity contribution is -0.128. The molecule has 1 atom stereocenters. The highest BCUT2D eigenvalue weighted by atomic mass is 16.3. The van der Waals surface area contributed by atoms with Gasteiger partial charge in [0.2, 0.25) is 0 Å². The highest BCUT2D eigenvalue weighted by Crippen LogP contribution is 2.37. The molecule has 1 saturated carbocycles. The summed E-state index contributed by atoms with van der Waals surface area (Å²) < 4.78 is 0. The minimum absolute atomic E-state index is 0.231. The summed E-state index contributed by atoms with van der Waals surface area (Å²) in [5.41, 5.74) is -0.299. The van der Waals surface area contributed by atoms with Gasteiger partial charge in [-0.2, -0.15) is 0 Å². The summed E-state index contributed by atoms with van der Waals surface area (Å²) in [6.07, 6.45) is 2.84. The molecule has 122 valence electrons. The Morgan fingerprint density at radius 1 is 1.19 bits per heavy atom. The van der Waals surface area contributed by atoms with E-state index in [-0.39, 0.29) is 5.92 Å². The number of hydrogen-bond acceptors (Lipinski definition) is 4. The summed E-state index contributed by atoms with van der Waals surface area (Å²) in [4.78, 5) is 16.9. The fourth-order valence-electron chi connectivity index (χ4n) is 3.70. The van der Waals surface area contributed by atoms with Crippen LogP contribution in [0.5, 0.6) is 0 Å². The molecule has 0 aromatic heterocycles. The van der Waals surface area contributed by atoms with Gasteiger partial charge in [0.25, 0.3) is 0 Å². The van der Waals surface area contributed by atoms with Gasteiger partial charge in [0.05, 0.1) is 5.60 Å². The van der Waals surface area contributed by atoms with E-state index in [9.17, 15) is 9.90 Å². The molecule has 0 radical (unpaired) electrons. The molecule has 0 aromatic rings. The van der Waals surface area contributed by atoms with E-state index in [0.29, 0.717) is 11.2 Å². The molecule has 0 bridgehead atoms. The van der Waals surface area contributed by atoms with Crippen molar-refractivity contribution in [2.24, 2.45) is 11.3 Å². The maximum absolute atomic E-state index is 12.1. The second kappa shape index (κ2) is 6.35. The monoisotopic (exact) mass is 296 g/mol. The molecule has 1 N–H and O–H groups in total. The Hall–Kier alpha value is -0.450. The highest BCUT2D eigenvalue weighted by molar-refractivity contribution is 5.82. The van der Waals surface area contributed by atoms with E-state index in [1.807, 2.05) is 13.8 Å². The number of rotatable bonds is 4. The average molecular weight is 296 g/mol. The summed E-state index contributed by atoms with van der Waals surface area (Å²) in [5, 5.41) is 9.89. The van der Waals surface area contributed by atoms with Gasteiger partial charge in [0.1, 0.15) is 5.78 Å². The van der Waals surface area contributed by atoms with Gasteiger partial charge in [-0.15, -0.1) is 0 Å². The van der Waals surface area contributed by atoms with Gasteiger partial charge in [0, 0.05) is 51.6 Å². The molecule has 1 aliphatic heterocycles. The topological polar surface area (TPSA) is 43.8 Å². The minimum Gasteiger partial charge on any atom is -0.389 e. The largest absolute Gasteiger partial charge is 0.389 e. The summed E-state index contributed by atoms with van der Waals surface area (Å²) in [7, 11) is 0. The molecule has 0 amide bonds. The predicted octanol–water partition coefficient (Wildman–Crippen LogP) is 1.77. The Morgan fingerprint density at radius 2 is 1.76 bits per heavy atom. The van der Waals surface area contributed by atoms with Crippen LogP contribution in [0, 0.1) is 11.3 Å². The zero-order valence-electron chi connectivity index (χ0n) is 14.2. The van der Waals surface area contributed by atoms with Crippen molar-refractivity contribution in [1.29, 1.82) is 0 Å². The average Bonchev–Trinajstić information content (AvgIpc) is 2.34. The number of Topliss-reactive ketones (excluding diaryl/α,β-unsaturated/α-hetero) is 1. The fraction of sp³-hybridized carbons (Fsp3) is 0.941. The fourth-order valence-corrected chi connectivity index (χ4v) is 3.70. The molecule has 4 heteroatoms. The van der Waals surface area contributed by atoms with Gasteiger partial charge >= 0.3 is 0 Å². The Bertz CT molecular complexity index is 365. The van der Waals surface area contributed by atoms with Gasteiger partial charge in [-0.05, 0) is 32.1 Å². The molecule has 21 heavy (non-hydrogen) atoms. The number of carbonyl (C=O) groups excluding carboxylic acids is 1. The molecule has 0 aromatic carbocycles. The van der Waals surface area contributed by atoms with Crippen LogP contribution in [0.2, 0.25) is 0 Å². The van der Waals surface area contributed by atoms with E-state index in [2.05, 4.69) is 23.6 Å². The van der Waals surface area contributed by atoms with Gasteiger partial charge < -0.3 is 10.0 Å². The zero-order chi connectivity index (χ0) is 15.7. The van der Waals surface area contributed by atoms with Crippen molar-refractivity contribution in [3.63, 3.8) is 0 Å². The maximum Gasteiger partial charge on any atom is 0.137 e. The molecular formula is C17H32N2O2. The van der Waals surface area contributed by atoms with Crippen molar-refractivity contribution in [1.82, 2.24) is 9.80 Å². The zero-order valence-corrected chi connectivity index (χ0v) is 14.2. The third kappa shape index (κ3) is 5.35. The first-order chi connectivity index (χ1) is 9.65. The van der Waals surface area contributed by atoms with Gasteiger partial charge in [-0.1, -0.05) is 13.8 Å². The third-order valence-electron chi connectivity index (χ3n) is 4.86. The van der Waals surface area contributed by atoms with E-state index >= 15 is 0 Å². The van der Waals surface area contributed by atoms with Crippen LogP contribution < -0.4 is 0 Å². The number of β-amino-alcohol motifs (C(OH)–C–C–N with tert-alkyl or cyclic N) is 1. The van der Waals surface area contributed by atoms with Crippen LogP contribution in [0.25, 0.3) is 0 Å². The Balaban J connectivity index is 1.79. The Labute approximate surface area is 129 Å². The minimum atomic E-state index is -0.620. The quantitative estimate of drug-likeness (QED) is 0.859. The molecule has 1 saturated heterocycles. The van der Waals surface area contributed by atoms with Crippen molar-refractivity contribution in [2.45, 2.75) is 52.6 Å². The molecule has 0 spiro atoms. The summed E-state index contributed by atoms with van der Waals surface area (Å²) in [6, 6.07) is 0. The summed E-state index contributed by atoms with van der Waals surface area (Å²) in [6.45, 7) is 14.0. The van der Waals surface area contributed by atoms with Crippen LogP contribution >= 0.6 is 0 Å². The van der Waals surface area contributed by atoms with E-state index < -0.39 is 5.60 Å². The van der Waals surface area contributed by atoms with Crippen LogP contribution in [0.15, 0.2) is 0 Å². The van der Waals surface area contributed by atoms with Crippen LogP contribution in [-0.4, -0.2) is 65.6 Å². The van der Waals surface area contributed by atoms with Crippen molar-refractivity contribution in [3.8, 4) is 0 Å². The lowest BCUT2D eigenvalue weighted by atomic mass is 9.71. The van der Waals surface area contributed by atoms with E-state index in [4.69, 9.17) is 0 Å².